The van der Waals surface area contributed by atoms with Crippen LogP contribution in [0.5, 0.6) is 0 Å². The average molecular weight is 211 g/mol. The maximum Gasteiger partial charge on any atom is 0.0969 e. The Morgan fingerprint density at radius 2 is 1.33 bits per heavy atom. The Hall–Kier alpha value is -0.0800. The van der Waals surface area contributed by atoms with Gasteiger partial charge in [0.15, 0.2) is 0 Å². The fourth-order valence-electron chi connectivity index (χ4n) is 3.70. The van der Waals surface area contributed by atoms with Gasteiger partial charge < -0.3 is 0 Å². The molecule has 0 unspecified atom stereocenters. The van der Waals surface area contributed by atoms with E-state index in [-0.39, 0.29) is 0 Å². The van der Waals surface area contributed by atoms with Crippen molar-refractivity contribution >= 4 is 0 Å². The summed E-state index contributed by atoms with van der Waals surface area (Å²) in [6, 6.07) is 0. The molecule has 3 rings (SSSR count). The molecule has 3 heterocycles. The molecular weight excluding hydrogens is 184 g/mol. The number of hydrogen-bond donors (Lipinski definition) is 0. The zero-order chi connectivity index (χ0) is 11.3. The van der Waals surface area contributed by atoms with Gasteiger partial charge in [0, 0.05) is 33.4 Å². The lowest BCUT2D eigenvalue weighted by atomic mass is 9.57. The van der Waals surface area contributed by atoms with Crippen LogP contribution < -0.4 is 0 Å². The lowest BCUT2D eigenvalue weighted by molar-refractivity contribution is -1.04. The summed E-state index contributed by atoms with van der Waals surface area (Å²) in [6.45, 7) is 11.4. The first-order chi connectivity index (χ1) is 6.81. The van der Waals surface area contributed by atoms with Gasteiger partial charge in [0.1, 0.15) is 0 Å². The Labute approximate surface area is 94.8 Å². The van der Waals surface area contributed by atoms with E-state index in [1.165, 1.54) is 43.5 Å². The Morgan fingerprint density at radius 3 is 1.60 bits per heavy atom. The van der Waals surface area contributed by atoms with E-state index in [0.717, 1.165) is 0 Å². The highest BCUT2D eigenvalue weighted by molar-refractivity contribution is 4.94. The summed E-state index contributed by atoms with van der Waals surface area (Å²) in [4.78, 5) is 0. The van der Waals surface area contributed by atoms with E-state index in [4.69, 9.17) is 0 Å². The highest BCUT2D eigenvalue weighted by atomic mass is 15.7. The molecule has 0 aliphatic carbocycles. The van der Waals surface area contributed by atoms with E-state index in [0.29, 0.717) is 10.8 Å². The van der Waals surface area contributed by atoms with Gasteiger partial charge in [-0.25, -0.2) is 4.59 Å². The summed E-state index contributed by atoms with van der Waals surface area (Å²) >= 11 is 0. The maximum atomic E-state index is 2.44. The zero-order valence-corrected chi connectivity index (χ0v) is 11.1. The molecule has 2 bridgehead atoms. The zero-order valence-electron chi connectivity index (χ0n) is 11.1. The van der Waals surface area contributed by atoms with Gasteiger partial charge in [-0.1, -0.05) is 20.8 Å². The molecule has 0 aromatic heterocycles. The molecule has 2 nitrogen and oxygen atoms in total. The lowest BCUT2D eigenvalue weighted by Gasteiger charge is -2.60. The van der Waals surface area contributed by atoms with E-state index in [1.807, 2.05) is 0 Å². The van der Waals surface area contributed by atoms with Crippen LogP contribution in [0.15, 0.2) is 0 Å². The minimum absolute atomic E-state index is 0.496. The van der Waals surface area contributed by atoms with Crippen LogP contribution in [-0.2, 0) is 0 Å². The molecule has 3 fully saturated rings. The number of rotatable bonds is 1. The van der Waals surface area contributed by atoms with Crippen molar-refractivity contribution in [3.8, 4) is 0 Å². The average Bonchev–Trinajstić information content (AvgIpc) is 2.19. The van der Waals surface area contributed by atoms with Crippen LogP contribution in [0, 0.1) is 10.8 Å². The minimum Gasteiger partial charge on any atom is -0.244 e. The SMILES string of the molecule is CN(C)[N+]12CCC(C(C)(C)C)(CC1)CC2. The number of fused-ring (bicyclic) bond motifs is 3. The molecule has 0 N–H and O–H groups in total. The van der Waals surface area contributed by atoms with Crippen LogP contribution >= 0.6 is 0 Å². The number of quaternary nitrogens is 1. The molecular formula is C13H27N2+. The van der Waals surface area contributed by atoms with Crippen molar-refractivity contribution < 1.29 is 4.59 Å². The monoisotopic (exact) mass is 211 g/mol. The topological polar surface area (TPSA) is 3.24 Å². The molecule has 0 aromatic carbocycles. The molecule has 0 radical (unpaired) electrons. The standard InChI is InChI=1S/C13H27N2/c1-12(2,3)13-6-9-15(10-7-13,11-8-13)14(4)5/h6-11H2,1-5H3/q+1. The van der Waals surface area contributed by atoms with Crippen molar-refractivity contribution in [2.24, 2.45) is 10.8 Å². The van der Waals surface area contributed by atoms with Gasteiger partial charge in [-0.05, 0) is 10.8 Å². The smallest absolute Gasteiger partial charge is 0.0969 e. The van der Waals surface area contributed by atoms with E-state index in [9.17, 15) is 0 Å². The molecule has 15 heavy (non-hydrogen) atoms. The van der Waals surface area contributed by atoms with E-state index < -0.39 is 0 Å². The quantitative estimate of drug-likeness (QED) is 0.602. The van der Waals surface area contributed by atoms with Crippen molar-refractivity contribution in [3.05, 3.63) is 0 Å². The van der Waals surface area contributed by atoms with Gasteiger partial charge in [-0.15, -0.1) is 0 Å². The van der Waals surface area contributed by atoms with E-state index >= 15 is 0 Å². The number of hydrogen-bond acceptors (Lipinski definition) is 1. The third kappa shape index (κ3) is 1.53. The van der Waals surface area contributed by atoms with Crippen molar-refractivity contribution in [3.63, 3.8) is 0 Å². The van der Waals surface area contributed by atoms with Crippen LogP contribution in [0.1, 0.15) is 40.0 Å². The number of nitrogens with zero attached hydrogens (tertiary/aromatic N) is 2. The molecule has 0 spiro atoms. The van der Waals surface area contributed by atoms with Gasteiger partial charge in [0.25, 0.3) is 0 Å². The predicted molar refractivity (Wildman–Crippen MR) is 64.3 cm³/mol. The molecule has 88 valence electrons. The van der Waals surface area contributed by atoms with Crippen molar-refractivity contribution in [2.45, 2.75) is 40.0 Å². The van der Waals surface area contributed by atoms with Crippen LogP contribution in [-0.4, -0.2) is 43.3 Å². The van der Waals surface area contributed by atoms with Crippen LogP contribution in [0.25, 0.3) is 0 Å². The Balaban J connectivity index is 2.18. The summed E-state index contributed by atoms with van der Waals surface area (Å²) in [7, 11) is 4.49. The largest absolute Gasteiger partial charge is 0.244 e. The third-order valence-electron chi connectivity index (χ3n) is 5.46. The van der Waals surface area contributed by atoms with Crippen molar-refractivity contribution in [1.82, 2.24) is 5.01 Å². The Bertz CT molecular complexity index is 225. The second kappa shape index (κ2) is 3.21. The van der Waals surface area contributed by atoms with Crippen LogP contribution in [0.3, 0.4) is 0 Å². The first-order valence-corrected chi connectivity index (χ1v) is 6.35. The molecule has 2 heteroatoms. The normalized spacial score (nSPS) is 41.2. The van der Waals surface area contributed by atoms with Gasteiger partial charge in [0.2, 0.25) is 0 Å². The molecule has 0 amide bonds. The highest BCUT2D eigenvalue weighted by Crippen LogP contribution is 2.54. The molecule has 0 atom stereocenters. The van der Waals surface area contributed by atoms with Crippen molar-refractivity contribution in [1.29, 1.82) is 0 Å². The fourth-order valence-corrected chi connectivity index (χ4v) is 3.70. The maximum absolute atomic E-state index is 2.44. The Morgan fingerprint density at radius 1 is 0.933 bits per heavy atom. The molecule has 3 aliphatic heterocycles. The summed E-state index contributed by atoms with van der Waals surface area (Å²) in [5.41, 5.74) is 1.14. The van der Waals surface area contributed by atoms with Gasteiger partial charge in [-0.3, -0.25) is 0 Å². The summed E-state index contributed by atoms with van der Waals surface area (Å²) in [5.74, 6) is 0. The van der Waals surface area contributed by atoms with Gasteiger partial charge >= 0.3 is 0 Å². The lowest BCUT2D eigenvalue weighted by Crippen LogP contribution is -2.68. The molecule has 3 saturated heterocycles. The second-order valence-electron chi connectivity index (χ2n) is 6.89. The Kier molecular flexibility index (Phi) is 2.44. The number of piperidine rings is 3. The molecule has 3 aliphatic rings. The molecule has 0 aromatic rings. The van der Waals surface area contributed by atoms with Crippen LogP contribution in [0.2, 0.25) is 0 Å². The van der Waals surface area contributed by atoms with Gasteiger partial charge in [-0.2, -0.15) is 5.01 Å². The second-order valence-corrected chi connectivity index (χ2v) is 6.89. The van der Waals surface area contributed by atoms with Gasteiger partial charge in [0.05, 0.1) is 19.6 Å². The van der Waals surface area contributed by atoms with E-state index in [1.54, 1.807) is 0 Å². The summed E-state index contributed by atoms with van der Waals surface area (Å²) in [6.07, 6.45) is 4.28. The van der Waals surface area contributed by atoms with E-state index in [2.05, 4.69) is 39.9 Å². The van der Waals surface area contributed by atoms with Crippen molar-refractivity contribution in [2.75, 3.05) is 33.7 Å². The first-order valence-electron chi connectivity index (χ1n) is 6.35. The highest BCUT2D eigenvalue weighted by Gasteiger charge is 2.55. The van der Waals surface area contributed by atoms with Crippen LogP contribution in [0.4, 0.5) is 0 Å². The minimum atomic E-state index is 0.496. The predicted octanol–water partition coefficient (Wildman–Crippen LogP) is 2.51. The third-order valence-corrected chi connectivity index (χ3v) is 5.46. The first kappa shape index (κ1) is 11.4. The summed E-state index contributed by atoms with van der Waals surface area (Å²) < 4.78 is 1.25. The summed E-state index contributed by atoms with van der Waals surface area (Å²) in [5, 5.41) is 2.44. The molecule has 0 saturated carbocycles. The fraction of sp³-hybridized carbons (Fsp3) is 1.00.